The number of hydrogen-bond donors (Lipinski definition) is 0. The van der Waals surface area contributed by atoms with E-state index < -0.39 is 0 Å². The van der Waals surface area contributed by atoms with Crippen molar-refractivity contribution in [3.05, 3.63) is 74.0 Å². The minimum Gasteiger partial charge on any atom is -0.379 e. The minimum absolute atomic E-state index is 0.113. The maximum Gasteiger partial charge on any atom is 0.193 e. The number of carbonyl (C=O) groups excluding carboxylic acids is 1. The largest absolute Gasteiger partial charge is 0.379 e. The highest BCUT2D eigenvalue weighted by molar-refractivity contribution is 9.10. The van der Waals surface area contributed by atoms with Gasteiger partial charge in [0.2, 0.25) is 0 Å². The molecule has 180 valence electrons. The van der Waals surface area contributed by atoms with E-state index in [0.717, 1.165) is 91.0 Å². The summed E-state index contributed by atoms with van der Waals surface area (Å²) in [5, 5.41) is 0. The van der Waals surface area contributed by atoms with Crippen molar-refractivity contribution < 1.29 is 9.53 Å². The van der Waals surface area contributed by atoms with Crippen molar-refractivity contribution in [3.8, 4) is 0 Å². The van der Waals surface area contributed by atoms with Crippen LogP contribution in [0.25, 0.3) is 10.4 Å². The number of rotatable bonds is 2. The fraction of sp³-hybridized carbons (Fsp3) is 0.448. The first kappa shape index (κ1) is 23.0. The van der Waals surface area contributed by atoms with E-state index in [1.165, 1.54) is 11.3 Å². The van der Waals surface area contributed by atoms with E-state index in [2.05, 4.69) is 56.6 Å². The fourth-order valence-electron chi connectivity index (χ4n) is 6.49. The predicted octanol–water partition coefficient (Wildman–Crippen LogP) is 5.78. The molecular weight excluding hydrogens is 502 g/mol. The van der Waals surface area contributed by atoms with Crippen molar-refractivity contribution in [1.29, 1.82) is 0 Å². The molecule has 2 saturated heterocycles. The van der Waals surface area contributed by atoms with Crippen LogP contribution in [0.1, 0.15) is 53.7 Å². The summed E-state index contributed by atoms with van der Waals surface area (Å²) in [6, 6.07) is 10.7. The van der Waals surface area contributed by atoms with Gasteiger partial charge in [0.15, 0.2) is 11.5 Å². The van der Waals surface area contributed by atoms with Crippen LogP contribution in [0.3, 0.4) is 0 Å². The molecule has 0 unspecified atom stereocenters. The maximum atomic E-state index is 13.8. The van der Waals surface area contributed by atoms with Gasteiger partial charge in [-0.3, -0.25) is 9.69 Å². The van der Waals surface area contributed by atoms with Gasteiger partial charge in [0.1, 0.15) is 0 Å². The van der Waals surface area contributed by atoms with Crippen LogP contribution in [0.2, 0.25) is 0 Å². The zero-order valence-corrected chi connectivity index (χ0v) is 22.0. The first-order valence-corrected chi connectivity index (χ1v) is 13.4. The number of allylic oxidation sites excluding steroid dienone is 2. The first-order valence-electron chi connectivity index (χ1n) is 12.6. The minimum atomic E-state index is -0.253. The summed E-state index contributed by atoms with van der Waals surface area (Å²) in [5.41, 5.74) is 7.63. The number of ether oxygens (including phenoxy) is 1. The van der Waals surface area contributed by atoms with Gasteiger partial charge in [-0.2, -0.15) is 0 Å². The molecule has 0 bridgehead atoms. The summed E-state index contributed by atoms with van der Waals surface area (Å²) in [7, 11) is 0. The Labute approximate surface area is 215 Å². The molecule has 0 N–H and O–H groups in total. The average Bonchev–Trinajstić information content (AvgIpc) is 3.28. The van der Waals surface area contributed by atoms with Gasteiger partial charge in [0.05, 0.1) is 25.5 Å². The molecule has 0 saturated carbocycles. The highest BCUT2D eigenvalue weighted by Gasteiger charge is 2.43. The van der Waals surface area contributed by atoms with E-state index in [9.17, 15) is 4.79 Å². The van der Waals surface area contributed by atoms with Crippen LogP contribution in [0.4, 0.5) is 11.4 Å². The van der Waals surface area contributed by atoms with E-state index >= 15 is 0 Å². The Hall–Kier alpha value is -2.46. The third-order valence-corrected chi connectivity index (χ3v) is 9.15. The molecule has 0 radical (unpaired) electrons. The maximum absolute atomic E-state index is 13.8. The van der Waals surface area contributed by atoms with E-state index in [4.69, 9.17) is 11.3 Å². The van der Waals surface area contributed by atoms with Crippen molar-refractivity contribution in [2.45, 2.75) is 44.6 Å². The zero-order valence-electron chi connectivity index (χ0n) is 20.4. The first-order chi connectivity index (χ1) is 16.9. The van der Waals surface area contributed by atoms with Crippen molar-refractivity contribution in [2.24, 2.45) is 0 Å². The Bertz CT molecular complexity index is 1290. The van der Waals surface area contributed by atoms with Crippen molar-refractivity contribution in [2.75, 3.05) is 44.3 Å². The summed E-state index contributed by atoms with van der Waals surface area (Å²) >= 11 is 3.82. The van der Waals surface area contributed by atoms with E-state index in [0.29, 0.717) is 11.7 Å². The van der Waals surface area contributed by atoms with Crippen LogP contribution in [-0.4, -0.2) is 56.1 Å². The number of benzene rings is 2. The summed E-state index contributed by atoms with van der Waals surface area (Å²) in [6.07, 6.45) is 3.04. The molecule has 6 rings (SSSR count). The lowest BCUT2D eigenvalue weighted by atomic mass is 9.68. The lowest BCUT2D eigenvalue weighted by Gasteiger charge is -2.42. The number of fused-ring (bicyclic) bond motifs is 3. The van der Waals surface area contributed by atoms with Gasteiger partial charge in [0.25, 0.3) is 0 Å². The quantitative estimate of drug-likeness (QED) is 0.460. The molecule has 2 heterocycles. The van der Waals surface area contributed by atoms with E-state index in [1.807, 2.05) is 18.2 Å². The highest BCUT2D eigenvalue weighted by atomic mass is 79.9. The number of carbonyl (C=O) groups is 1. The molecule has 0 amide bonds. The summed E-state index contributed by atoms with van der Waals surface area (Å²) < 4.78 is 6.53. The third kappa shape index (κ3) is 3.67. The SMILES string of the molecule is [C-]#[N+]c1ccc2c(c1)CC1=C2C(=O)c2cc(Br)c(N3CCC(N4CCOCC4)CC3)cc2C1(C)C. The number of halogens is 1. The second-order valence-corrected chi connectivity index (χ2v) is 11.5. The molecule has 2 aromatic rings. The molecule has 2 aliphatic heterocycles. The van der Waals surface area contributed by atoms with E-state index in [1.54, 1.807) is 0 Å². The number of hydrogen-bond acceptors (Lipinski definition) is 4. The second kappa shape index (κ2) is 8.58. The smallest absolute Gasteiger partial charge is 0.193 e. The lowest BCUT2D eigenvalue weighted by Crippen LogP contribution is -2.49. The summed E-state index contributed by atoms with van der Waals surface area (Å²) in [6.45, 7) is 17.7. The van der Waals surface area contributed by atoms with Crippen molar-refractivity contribution in [3.63, 3.8) is 0 Å². The fourth-order valence-corrected chi connectivity index (χ4v) is 7.09. The Kier molecular flexibility index (Phi) is 5.63. The van der Waals surface area contributed by atoms with Crippen LogP contribution >= 0.6 is 15.9 Å². The molecule has 2 aliphatic carbocycles. The van der Waals surface area contributed by atoms with Crippen molar-refractivity contribution in [1.82, 2.24) is 4.90 Å². The number of piperidine rings is 1. The summed E-state index contributed by atoms with van der Waals surface area (Å²) in [4.78, 5) is 22.5. The Morgan fingerprint density at radius 2 is 1.80 bits per heavy atom. The second-order valence-electron chi connectivity index (χ2n) is 10.7. The van der Waals surface area contributed by atoms with Crippen LogP contribution in [0, 0.1) is 6.57 Å². The summed E-state index contributed by atoms with van der Waals surface area (Å²) in [5.74, 6) is 0.113. The zero-order chi connectivity index (χ0) is 24.3. The monoisotopic (exact) mass is 531 g/mol. The number of ketones is 1. The number of morpholine rings is 1. The molecule has 6 heteroatoms. The van der Waals surface area contributed by atoms with Gasteiger partial charge in [-0.15, -0.1) is 0 Å². The Morgan fingerprint density at radius 3 is 2.51 bits per heavy atom. The molecular formula is C29H30BrN3O2. The molecule has 2 aromatic carbocycles. The Morgan fingerprint density at radius 1 is 1.06 bits per heavy atom. The van der Waals surface area contributed by atoms with Gasteiger partial charge in [-0.1, -0.05) is 32.0 Å². The molecule has 0 spiro atoms. The van der Waals surface area contributed by atoms with Crippen LogP contribution < -0.4 is 4.90 Å². The van der Waals surface area contributed by atoms with Gasteiger partial charge >= 0.3 is 0 Å². The van der Waals surface area contributed by atoms with Crippen LogP contribution in [-0.2, 0) is 16.6 Å². The normalized spacial score (nSPS) is 22.0. The third-order valence-electron chi connectivity index (χ3n) is 8.51. The molecule has 2 fully saturated rings. The highest BCUT2D eigenvalue weighted by Crippen LogP contribution is 2.51. The molecule has 35 heavy (non-hydrogen) atoms. The Balaban J connectivity index is 1.31. The van der Waals surface area contributed by atoms with Gasteiger partial charge in [0, 0.05) is 53.2 Å². The number of anilines is 1. The molecule has 0 atom stereocenters. The van der Waals surface area contributed by atoms with Gasteiger partial charge in [-0.05, 0) is 69.6 Å². The van der Waals surface area contributed by atoms with Crippen LogP contribution in [0.15, 0.2) is 40.4 Å². The molecule has 4 aliphatic rings. The number of nitrogens with zero attached hydrogens (tertiary/aromatic N) is 3. The van der Waals surface area contributed by atoms with Crippen molar-refractivity contribution >= 4 is 38.7 Å². The standard InChI is InChI=1S/C29H30BrN3O2/c1-29(2)23-17-26(33-8-6-20(7-9-33)32-10-12-35-13-11-32)25(30)16-22(23)28(34)27-21-5-4-19(31-3)14-18(21)15-24(27)29/h4-5,14,16-17,20H,6-13,15H2,1-2H3. The molecule has 0 aromatic heterocycles. The van der Waals surface area contributed by atoms with Crippen LogP contribution in [0.5, 0.6) is 0 Å². The predicted molar refractivity (Wildman–Crippen MR) is 142 cm³/mol. The average molecular weight is 532 g/mol. The lowest BCUT2D eigenvalue weighted by molar-refractivity contribution is 0.0115. The van der Waals surface area contributed by atoms with Gasteiger partial charge < -0.3 is 9.64 Å². The molecule has 5 nitrogen and oxygen atoms in total. The number of Topliss-reactive ketones (excluding diaryl/α,β-unsaturated/α-hetero) is 1. The topological polar surface area (TPSA) is 37.1 Å². The van der Waals surface area contributed by atoms with Gasteiger partial charge in [-0.25, -0.2) is 4.85 Å². The van der Waals surface area contributed by atoms with E-state index in [-0.39, 0.29) is 11.2 Å².